The zero-order valence-electron chi connectivity index (χ0n) is 12.3. The molecule has 0 bridgehead atoms. The summed E-state index contributed by atoms with van der Waals surface area (Å²) in [7, 11) is 0. The lowest BCUT2D eigenvalue weighted by Crippen LogP contribution is -2.41. The van der Waals surface area contributed by atoms with Gasteiger partial charge < -0.3 is 15.4 Å². The van der Waals surface area contributed by atoms with E-state index < -0.39 is 6.10 Å². The van der Waals surface area contributed by atoms with Crippen LogP contribution in [0.15, 0.2) is 28.7 Å². The van der Waals surface area contributed by atoms with E-state index in [4.69, 9.17) is 10.5 Å². The van der Waals surface area contributed by atoms with Gasteiger partial charge in [-0.3, -0.25) is 4.79 Å². The number of carbonyl (C=O) groups is 1. The van der Waals surface area contributed by atoms with Gasteiger partial charge in [0.05, 0.1) is 0 Å². The number of benzene rings is 1. The third kappa shape index (κ3) is 4.59. The number of hydrogen-bond acceptors (Lipinski definition) is 3. The topological polar surface area (TPSA) is 55.6 Å². The molecule has 2 unspecified atom stereocenters. The highest BCUT2D eigenvalue weighted by Crippen LogP contribution is 2.29. The highest BCUT2D eigenvalue weighted by Gasteiger charge is 2.36. The molecular formula is C15H22BrClN2O2. The van der Waals surface area contributed by atoms with Gasteiger partial charge in [-0.1, -0.05) is 28.9 Å². The molecule has 0 saturated carbocycles. The van der Waals surface area contributed by atoms with Crippen molar-refractivity contribution in [2.45, 2.75) is 26.4 Å². The van der Waals surface area contributed by atoms with Crippen LogP contribution in [0.2, 0.25) is 0 Å². The smallest absolute Gasteiger partial charge is 0.263 e. The van der Waals surface area contributed by atoms with Crippen LogP contribution in [0.4, 0.5) is 0 Å². The quantitative estimate of drug-likeness (QED) is 0.878. The number of hydrogen-bond donors (Lipinski definition) is 1. The standard InChI is InChI=1S/C15H21BrN2O2.ClH/c1-11(20-13-5-3-4-12(16)8-13)14(19)18-7-6-15(2,9-17)10-18;/h3-5,8,11H,6-7,9-10,17H2,1-2H3;1H. The normalized spacial score (nSPS) is 22.6. The summed E-state index contributed by atoms with van der Waals surface area (Å²) >= 11 is 3.39. The Morgan fingerprint density at radius 3 is 2.86 bits per heavy atom. The second kappa shape index (κ2) is 7.47. The fourth-order valence-electron chi connectivity index (χ4n) is 2.43. The number of likely N-dealkylation sites (tertiary alicyclic amines) is 1. The predicted octanol–water partition coefficient (Wildman–Crippen LogP) is 2.84. The van der Waals surface area contributed by atoms with E-state index in [2.05, 4.69) is 22.9 Å². The zero-order valence-corrected chi connectivity index (χ0v) is 14.7. The first-order valence-electron chi connectivity index (χ1n) is 6.85. The molecule has 1 aliphatic rings. The Labute approximate surface area is 140 Å². The summed E-state index contributed by atoms with van der Waals surface area (Å²) in [5, 5.41) is 0. The summed E-state index contributed by atoms with van der Waals surface area (Å²) in [6.45, 7) is 6.01. The fraction of sp³-hybridized carbons (Fsp3) is 0.533. The molecular weight excluding hydrogens is 356 g/mol. The maximum Gasteiger partial charge on any atom is 0.263 e. The van der Waals surface area contributed by atoms with Gasteiger partial charge in [-0.2, -0.15) is 0 Å². The predicted molar refractivity (Wildman–Crippen MR) is 89.8 cm³/mol. The van der Waals surface area contributed by atoms with Gasteiger partial charge in [0, 0.05) is 17.6 Å². The van der Waals surface area contributed by atoms with Crippen molar-refractivity contribution in [3.8, 4) is 5.75 Å². The van der Waals surface area contributed by atoms with E-state index >= 15 is 0 Å². The molecule has 1 aromatic carbocycles. The average molecular weight is 378 g/mol. The molecule has 6 heteroatoms. The third-order valence-electron chi connectivity index (χ3n) is 3.82. The fourth-order valence-corrected chi connectivity index (χ4v) is 2.81. The van der Waals surface area contributed by atoms with Crippen molar-refractivity contribution in [3.63, 3.8) is 0 Å². The Balaban J connectivity index is 0.00000220. The van der Waals surface area contributed by atoms with Crippen LogP contribution in [-0.2, 0) is 4.79 Å². The Kier molecular flexibility index (Phi) is 6.50. The van der Waals surface area contributed by atoms with Crippen molar-refractivity contribution in [2.24, 2.45) is 11.1 Å². The van der Waals surface area contributed by atoms with Crippen molar-refractivity contribution in [2.75, 3.05) is 19.6 Å². The minimum atomic E-state index is -0.482. The Morgan fingerprint density at radius 1 is 1.57 bits per heavy atom. The number of ether oxygens (including phenoxy) is 1. The summed E-state index contributed by atoms with van der Waals surface area (Å²) in [6.07, 6.45) is 0.475. The molecule has 1 amide bonds. The van der Waals surface area contributed by atoms with Crippen LogP contribution in [0, 0.1) is 5.41 Å². The van der Waals surface area contributed by atoms with E-state index in [9.17, 15) is 4.79 Å². The van der Waals surface area contributed by atoms with Gasteiger partial charge in [0.25, 0.3) is 5.91 Å². The first-order chi connectivity index (χ1) is 9.43. The van der Waals surface area contributed by atoms with Gasteiger partial charge in [-0.05, 0) is 43.5 Å². The Morgan fingerprint density at radius 2 is 2.29 bits per heavy atom. The molecule has 1 fully saturated rings. The van der Waals surface area contributed by atoms with Crippen LogP contribution in [0.3, 0.4) is 0 Å². The highest BCUT2D eigenvalue weighted by atomic mass is 79.9. The lowest BCUT2D eigenvalue weighted by molar-refractivity contribution is -0.137. The third-order valence-corrected chi connectivity index (χ3v) is 4.31. The van der Waals surface area contributed by atoms with Crippen LogP contribution >= 0.6 is 28.3 Å². The summed E-state index contributed by atoms with van der Waals surface area (Å²) in [5.74, 6) is 0.725. The number of halogens is 2. The molecule has 2 N–H and O–H groups in total. The first kappa shape index (κ1) is 18.3. The van der Waals surface area contributed by atoms with E-state index in [1.165, 1.54) is 0 Å². The van der Waals surface area contributed by atoms with Gasteiger partial charge in [-0.15, -0.1) is 12.4 Å². The second-order valence-corrected chi connectivity index (χ2v) is 6.66. The number of rotatable bonds is 4. The van der Waals surface area contributed by atoms with E-state index in [1.807, 2.05) is 29.2 Å². The summed E-state index contributed by atoms with van der Waals surface area (Å²) in [6, 6.07) is 7.52. The molecule has 1 aliphatic heterocycles. The maximum atomic E-state index is 12.4. The van der Waals surface area contributed by atoms with Crippen LogP contribution in [0.5, 0.6) is 5.75 Å². The minimum absolute atomic E-state index is 0. The number of carbonyl (C=O) groups excluding carboxylic acids is 1. The van der Waals surface area contributed by atoms with Crippen molar-refractivity contribution in [3.05, 3.63) is 28.7 Å². The van der Waals surface area contributed by atoms with Crippen molar-refractivity contribution >= 4 is 34.2 Å². The first-order valence-corrected chi connectivity index (χ1v) is 7.64. The molecule has 0 aliphatic carbocycles. The van der Waals surface area contributed by atoms with E-state index in [-0.39, 0.29) is 23.7 Å². The number of nitrogens with zero attached hydrogens (tertiary/aromatic N) is 1. The van der Waals surface area contributed by atoms with Gasteiger partial charge in [-0.25, -0.2) is 0 Å². The largest absolute Gasteiger partial charge is 0.481 e. The average Bonchev–Trinajstić information content (AvgIpc) is 2.81. The molecule has 118 valence electrons. The maximum absolute atomic E-state index is 12.4. The molecule has 0 spiro atoms. The van der Waals surface area contributed by atoms with Gasteiger partial charge in [0.1, 0.15) is 5.75 Å². The highest BCUT2D eigenvalue weighted by molar-refractivity contribution is 9.10. The molecule has 4 nitrogen and oxygen atoms in total. The molecule has 2 rings (SSSR count). The lowest BCUT2D eigenvalue weighted by Gasteiger charge is -2.25. The second-order valence-electron chi connectivity index (χ2n) is 5.74. The molecule has 2 atom stereocenters. The molecule has 0 radical (unpaired) electrons. The molecule has 0 aromatic heterocycles. The summed E-state index contributed by atoms with van der Waals surface area (Å²) in [5.41, 5.74) is 5.82. The van der Waals surface area contributed by atoms with Crippen molar-refractivity contribution in [1.82, 2.24) is 4.90 Å². The molecule has 1 heterocycles. The SMILES string of the molecule is CC(Oc1cccc(Br)c1)C(=O)N1CCC(C)(CN)C1.Cl. The monoisotopic (exact) mass is 376 g/mol. The minimum Gasteiger partial charge on any atom is -0.481 e. The van der Waals surface area contributed by atoms with Crippen molar-refractivity contribution < 1.29 is 9.53 Å². The van der Waals surface area contributed by atoms with E-state index in [0.29, 0.717) is 18.8 Å². The molecule has 1 saturated heterocycles. The van der Waals surface area contributed by atoms with Crippen LogP contribution in [-0.4, -0.2) is 36.5 Å². The van der Waals surface area contributed by atoms with Crippen LogP contribution in [0.25, 0.3) is 0 Å². The number of amides is 1. The van der Waals surface area contributed by atoms with E-state index in [0.717, 1.165) is 17.4 Å². The Hall–Kier alpha value is -0.780. The van der Waals surface area contributed by atoms with Gasteiger partial charge >= 0.3 is 0 Å². The zero-order chi connectivity index (χ0) is 14.8. The van der Waals surface area contributed by atoms with E-state index in [1.54, 1.807) is 6.92 Å². The molecule has 21 heavy (non-hydrogen) atoms. The number of nitrogens with two attached hydrogens (primary N) is 1. The van der Waals surface area contributed by atoms with Crippen LogP contribution < -0.4 is 10.5 Å². The van der Waals surface area contributed by atoms with Gasteiger partial charge in [0.15, 0.2) is 6.10 Å². The summed E-state index contributed by atoms with van der Waals surface area (Å²) < 4.78 is 6.66. The Bertz CT molecular complexity index is 500. The van der Waals surface area contributed by atoms with Crippen LogP contribution in [0.1, 0.15) is 20.3 Å². The molecule has 1 aromatic rings. The van der Waals surface area contributed by atoms with Gasteiger partial charge in [0.2, 0.25) is 0 Å². The lowest BCUT2D eigenvalue weighted by atomic mass is 9.90. The van der Waals surface area contributed by atoms with Crippen molar-refractivity contribution in [1.29, 1.82) is 0 Å². The summed E-state index contributed by atoms with van der Waals surface area (Å²) in [4.78, 5) is 14.2.